The SMILES string of the molecule is CC[C@H](CO)Nc1ncc(C)c(-n2cnc(C(=O)NCc3cccc(Cl)c3CO)c2)n1. The second kappa shape index (κ2) is 10.3. The summed E-state index contributed by atoms with van der Waals surface area (Å²) < 4.78 is 1.65. The number of carbonyl (C=O) groups is 1. The molecule has 1 atom stereocenters. The molecule has 164 valence electrons. The van der Waals surface area contributed by atoms with Crippen LogP contribution in [0.25, 0.3) is 5.82 Å². The second-order valence-corrected chi connectivity index (χ2v) is 7.42. The summed E-state index contributed by atoms with van der Waals surface area (Å²) in [6.07, 6.45) is 5.49. The van der Waals surface area contributed by atoms with Gasteiger partial charge in [-0.15, -0.1) is 0 Å². The number of aromatic nitrogens is 4. The van der Waals surface area contributed by atoms with Gasteiger partial charge < -0.3 is 20.8 Å². The van der Waals surface area contributed by atoms with Crippen LogP contribution in [-0.2, 0) is 13.2 Å². The zero-order valence-corrected chi connectivity index (χ0v) is 18.1. The lowest BCUT2D eigenvalue weighted by molar-refractivity contribution is 0.0946. The van der Waals surface area contributed by atoms with Crippen molar-refractivity contribution in [3.8, 4) is 5.82 Å². The first kappa shape index (κ1) is 22.7. The predicted molar refractivity (Wildman–Crippen MR) is 117 cm³/mol. The maximum atomic E-state index is 12.6. The molecule has 9 nitrogen and oxygen atoms in total. The zero-order chi connectivity index (χ0) is 22.4. The van der Waals surface area contributed by atoms with Gasteiger partial charge in [0.15, 0.2) is 0 Å². The Kier molecular flexibility index (Phi) is 7.56. The van der Waals surface area contributed by atoms with E-state index in [1.807, 2.05) is 13.8 Å². The van der Waals surface area contributed by atoms with E-state index in [0.717, 1.165) is 17.5 Å². The van der Waals surface area contributed by atoms with Crippen LogP contribution in [-0.4, -0.2) is 48.3 Å². The van der Waals surface area contributed by atoms with Crippen LogP contribution < -0.4 is 10.6 Å². The number of benzene rings is 1. The Bertz CT molecular complexity index is 1050. The fourth-order valence-corrected chi connectivity index (χ4v) is 3.25. The molecule has 1 aromatic carbocycles. The molecule has 3 aromatic rings. The molecule has 2 heterocycles. The Labute approximate surface area is 185 Å². The van der Waals surface area contributed by atoms with Crippen LogP contribution in [0, 0.1) is 6.92 Å². The van der Waals surface area contributed by atoms with Crippen molar-refractivity contribution < 1.29 is 15.0 Å². The fraction of sp³-hybridized carbons (Fsp3) is 0.333. The van der Waals surface area contributed by atoms with Gasteiger partial charge in [-0.05, 0) is 25.0 Å². The van der Waals surface area contributed by atoms with Crippen LogP contribution in [0.2, 0.25) is 5.02 Å². The molecule has 0 aliphatic heterocycles. The first-order valence-electron chi connectivity index (χ1n) is 9.87. The fourth-order valence-electron chi connectivity index (χ4n) is 2.99. The van der Waals surface area contributed by atoms with E-state index in [-0.39, 0.29) is 37.4 Å². The number of hydrogen-bond donors (Lipinski definition) is 4. The summed E-state index contributed by atoms with van der Waals surface area (Å²) in [7, 11) is 0. The standard InChI is InChI=1S/C21H25ClN6O3/c1-3-15(10-29)26-21-24-7-13(2)19(27-21)28-9-18(25-12-28)20(31)23-8-14-5-4-6-17(22)16(14)11-30/h4-7,9,12,15,29-30H,3,8,10-11H2,1-2H3,(H,23,31)(H,24,26,27)/t15-/m1/s1. The molecule has 0 bridgehead atoms. The number of aliphatic hydroxyl groups excluding tert-OH is 2. The summed E-state index contributed by atoms with van der Waals surface area (Å²) in [5.41, 5.74) is 2.35. The van der Waals surface area contributed by atoms with Gasteiger partial charge in [0, 0.05) is 35.1 Å². The predicted octanol–water partition coefficient (Wildman–Crippen LogP) is 2.23. The van der Waals surface area contributed by atoms with Gasteiger partial charge in [0.05, 0.1) is 19.3 Å². The smallest absolute Gasteiger partial charge is 0.271 e. The van der Waals surface area contributed by atoms with E-state index < -0.39 is 0 Å². The highest BCUT2D eigenvalue weighted by Crippen LogP contribution is 2.20. The topological polar surface area (TPSA) is 125 Å². The summed E-state index contributed by atoms with van der Waals surface area (Å²) >= 11 is 6.09. The molecular weight excluding hydrogens is 420 g/mol. The Morgan fingerprint density at radius 2 is 2.10 bits per heavy atom. The first-order valence-corrected chi connectivity index (χ1v) is 10.2. The van der Waals surface area contributed by atoms with Crippen molar-refractivity contribution in [2.24, 2.45) is 0 Å². The van der Waals surface area contributed by atoms with Gasteiger partial charge in [-0.3, -0.25) is 9.36 Å². The van der Waals surface area contributed by atoms with Gasteiger partial charge in [0.1, 0.15) is 17.8 Å². The molecule has 0 saturated heterocycles. The average molecular weight is 445 g/mol. The molecule has 0 saturated carbocycles. The van der Waals surface area contributed by atoms with Gasteiger partial charge in [-0.2, -0.15) is 4.98 Å². The monoisotopic (exact) mass is 444 g/mol. The van der Waals surface area contributed by atoms with E-state index >= 15 is 0 Å². The summed E-state index contributed by atoms with van der Waals surface area (Å²) in [6, 6.07) is 5.11. The summed E-state index contributed by atoms with van der Waals surface area (Å²) in [4.78, 5) is 25.5. The molecule has 0 aliphatic carbocycles. The van der Waals surface area contributed by atoms with Crippen molar-refractivity contribution in [1.82, 2.24) is 24.8 Å². The van der Waals surface area contributed by atoms with Crippen molar-refractivity contribution in [2.45, 2.75) is 39.5 Å². The lowest BCUT2D eigenvalue weighted by atomic mass is 10.1. The highest BCUT2D eigenvalue weighted by molar-refractivity contribution is 6.31. The molecule has 1 amide bonds. The molecule has 4 N–H and O–H groups in total. The minimum Gasteiger partial charge on any atom is -0.394 e. The quantitative estimate of drug-likeness (QED) is 0.398. The third-order valence-corrected chi connectivity index (χ3v) is 5.22. The summed E-state index contributed by atoms with van der Waals surface area (Å²) in [6.45, 7) is 3.79. The van der Waals surface area contributed by atoms with E-state index in [4.69, 9.17) is 11.6 Å². The number of nitrogens with zero attached hydrogens (tertiary/aromatic N) is 4. The van der Waals surface area contributed by atoms with E-state index in [9.17, 15) is 15.0 Å². The minimum atomic E-state index is -0.362. The number of anilines is 1. The van der Waals surface area contributed by atoms with Crippen LogP contribution in [0.4, 0.5) is 5.95 Å². The molecule has 0 radical (unpaired) electrons. The number of rotatable bonds is 9. The summed E-state index contributed by atoms with van der Waals surface area (Å²) in [5.74, 6) is 0.604. The minimum absolute atomic E-state index is 0.0247. The largest absolute Gasteiger partial charge is 0.394 e. The number of carbonyl (C=O) groups excluding carboxylic acids is 1. The number of imidazole rings is 1. The molecule has 2 aromatic heterocycles. The zero-order valence-electron chi connectivity index (χ0n) is 17.3. The van der Waals surface area contributed by atoms with E-state index in [0.29, 0.717) is 22.4 Å². The van der Waals surface area contributed by atoms with Gasteiger partial charge in [-0.1, -0.05) is 30.7 Å². The van der Waals surface area contributed by atoms with E-state index in [2.05, 4.69) is 25.6 Å². The second-order valence-electron chi connectivity index (χ2n) is 7.02. The Morgan fingerprint density at radius 3 is 2.81 bits per heavy atom. The number of hydrogen-bond acceptors (Lipinski definition) is 7. The molecular formula is C21H25ClN6O3. The molecule has 3 rings (SSSR count). The average Bonchev–Trinajstić information content (AvgIpc) is 3.27. The van der Waals surface area contributed by atoms with Crippen molar-refractivity contribution in [2.75, 3.05) is 11.9 Å². The van der Waals surface area contributed by atoms with Crippen LogP contribution in [0.3, 0.4) is 0 Å². The van der Waals surface area contributed by atoms with Crippen molar-refractivity contribution in [3.05, 3.63) is 64.3 Å². The third kappa shape index (κ3) is 5.38. The van der Waals surface area contributed by atoms with Gasteiger partial charge in [0.25, 0.3) is 5.91 Å². The lowest BCUT2D eigenvalue weighted by Crippen LogP contribution is -2.24. The van der Waals surface area contributed by atoms with Crippen molar-refractivity contribution >= 4 is 23.5 Å². The van der Waals surface area contributed by atoms with Crippen LogP contribution in [0.5, 0.6) is 0 Å². The normalized spacial score (nSPS) is 11.9. The molecule has 0 aliphatic rings. The van der Waals surface area contributed by atoms with Crippen LogP contribution >= 0.6 is 11.6 Å². The Hall–Kier alpha value is -3.01. The Balaban J connectivity index is 1.74. The van der Waals surface area contributed by atoms with Crippen molar-refractivity contribution in [1.29, 1.82) is 0 Å². The highest BCUT2D eigenvalue weighted by Gasteiger charge is 2.15. The van der Waals surface area contributed by atoms with Crippen molar-refractivity contribution in [3.63, 3.8) is 0 Å². The first-order chi connectivity index (χ1) is 15.0. The number of halogens is 1. The van der Waals surface area contributed by atoms with E-state index in [1.54, 1.807) is 35.2 Å². The number of aryl methyl sites for hydroxylation is 1. The number of amides is 1. The van der Waals surface area contributed by atoms with Crippen LogP contribution in [0.15, 0.2) is 36.9 Å². The maximum absolute atomic E-state index is 12.6. The van der Waals surface area contributed by atoms with Gasteiger partial charge >= 0.3 is 0 Å². The summed E-state index contributed by atoms with van der Waals surface area (Å²) in [5, 5.41) is 25.2. The molecule has 0 spiro atoms. The highest BCUT2D eigenvalue weighted by atomic mass is 35.5. The van der Waals surface area contributed by atoms with Gasteiger partial charge in [-0.25, -0.2) is 9.97 Å². The number of aliphatic hydroxyl groups is 2. The third-order valence-electron chi connectivity index (χ3n) is 4.86. The maximum Gasteiger partial charge on any atom is 0.271 e. The molecule has 0 unspecified atom stereocenters. The van der Waals surface area contributed by atoms with E-state index in [1.165, 1.54) is 6.33 Å². The molecule has 0 fully saturated rings. The van der Waals surface area contributed by atoms with Crippen LogP contribution in [0.1, 0.15) is 40.5 Å². The Morgan fingerprint density at radius 1 is 1.29 bits per heavy atom. The molecule has 10 heteroatoms. The lowest BCUT2D eigenvalue weighted by Gasteiger charge is -2.15. The van der Waals surface area contributed by atoms with Gasteiger partial charge in [0.2, 0.25) is 5.95 Å². The molecule has 31 heavy (non-hydrogen) atoms. The number of nitrogens with one attached hydrogen (secondary N) is 2.